The quantitative estimate of drug-likeness (QED) is 0.114. The molecule has 3 aromatic rings. The molecule has 0 amide bonds. The molecule has 1 unspecified atom stereocenters. The molecule has 10 heteroatoms. The zero-order chi connectivity index (χ0) is 38.0. The number of carbonyl (C=O) groups excluding carboxylic acids is 1. The zero-order valence-electron chi connectivity index (χ0n) is 31.7. The average molecular weight is 754 g/mol. The van der Waals surface area contributed by atoms with E-state index in [9.17, 15) is 10.1 Å². The van der Waals surface area contributed by atoms with Crippen molar-refractivity contribution in [3.8, 4) is 17.6 Å². The van der Waals surface area contributed by atoms with E-state index in [0.29, 0.717) is 35.2 Å². The Morgan fingerprint density at radius 2 is 1.81 bits per heavy atom. The van der Waals surface area contributed by atoms with Crippen LogP contribution in [0.3, 0.4) is 0 Å². The smallest absolute Gasteiger partial charge is 0.323 e. The molecular formula is C44H52ClN3O6. The first-order valence-electron chi connectivity index (χ1n) is 19.0. The number of piperidine rings is 1. The number of esters is 1. The maximum atomic E-state index is 12.8. The van der Waals surface area contributed by atoms with E-state index in [4.69, 9.17) is 35.3 Å². The molecule has 2 fully saturated rings. The molecule has 2 aliphatic heterocycles. The fraction of sp³-hybridized carbons (Fsp3) is 0.455. The number of halogens is 1. The summed E-state index contributed by atoms with van der Waals surface area (Å²) in [6.45, 7) is 11.0. The van der Waals surface area contributed by atoms with Gasteiger partial charge in [-0.2, -0.15) is 5.26 Å². The topological polar surface area (TPSA) is 93.5 Å². The number of ether oxygens (including phenoxy) is 5. The third-order valence-electron chi connectivity index (χ3n) is 11.0. The Morgan fingerprint density at radius 3 is 2.59 bits per heavy atom. The van der Waals surface area contributed by atoms with Crippen molar-refractivity contribution in [2.24, 2.45) is 5.41 Å². The van der Waals surface area contributed by atoms with Crippen molar-refractivity contribution in [1.82, 2.24) is 9.80 Å². The number of likely N-dealkylation sites (tertiary alicyclic amines) is 1. The van der Waals surface area contributed by atoms with Gasteiger partial charge in [-0.25, -0.2) is 0 Å². The van der Waals surface area contributed by atoms with Crippen molar-refractivity contribution in [1.29, 1.82) is 5.26 Å². The molecule has 0 N–H and O–H groups in total. The van der Waals surface area contributed by atoms with E-state index < -0.39 is 11.0 Å². The lowest BCUT2D eigenvalue weighted by Crippen LogP contribution is -2.52. The van der Waals surface area contributed by atoms with E-state index in [0.717, 1.165) is 87.3 Å². The molecule has 3 aliphatic rings. The van der Waals surface area contributed by atoms with Crippen molar-refractivity contribution in [3.63, 3.8) is 0 Å². The molecule has 2 saturated heterocycles. The summed E-state index contributed by atoms with van der Waals surface area (Å²) in [5.41, 5.74) is 3.26. The van der Waals surface area contributed by atoms with Gasteiger partial charge in [0.15, 0.2) is 0 Å². The minimum Gasteiger partial charge on any atom is -0.488 e. The van der Waals surface area contributed by atoms with Gasteiger partial charge in [0.25, 0.3) is 0 Å². The summed E-state index contributed by atoms with van der Waals surface area (Å²) in [6.07, 6.45) is 9.92. The number of nitriles is 1. The van der Waals surface area contributed by atoms with E-state index in [1.807, 2.05) is 36.4 Å². The Bertz CT molecular complexity index is 1830. The summed E-state index contributed by atoms with van der Waals surface area (Å²) < 4.78 is 30.9. The fourth-order valence-corrected chi connectivity index (χ4v) is 7.95. The molecule has 2 heterocycles. The van der Waals surface area contributed by atoms with Crippen LogP contribution in [0.1, 0.15) is 61.8 Å². The molecule has 0 radical (unpaired) electrons. The van der Waals surface area contributed by atoms with Crippen LogP contribution < -0.4 is 9.47 Å². The third-order valence-corrected chi connectivity index (χ3v) is 11.3. The number of allylic oxidation sites excluding steroid dienone is 2. The number of rotatable bonds is 15. The monoisotopic (exact) mass is 753 g/mol. The van der Waals surface area contributed by atoms with Gasteiger partial charge in [-0.05, 0) is 66.8 Å². The highest BCUT2D eigenvalue weighted by Crippen LogP contribution is 2.49. The van der Waals surface area contributed by atoms with E-state index in [1.165, 1.54) is 7.11 Å². The minimum atomic E-state index is -0.819. The van der Waals surface area contributed by atoms with Gasteiger partial charge in [0, 0.05) is 49.8 Å². The van der Waals surface area contributed by atoms with Crippen LogP contribution in [0.5, 0.6) is 11.5 Å². The minimum absolute atomic E-state index is 0.206. The average Bonchev–Trinajstić information content (AvgIpc) is 3.20. The predicted octanol–water partition coefficient (Wildman–Crippen LogP) is 7.85. The van der Waals surface area contributed by atoms with Gasteiger partial charge >= 0.3 is 5.97 Å². The van der Waals surface area contributed by atoms with Crippen molar-refractivity contribution in [2.75, 3.05) is 59.7 Å². The lowest BCUT2D eigenvalue weighted by Gasteiger charge is -2.47. The Morgan fingerprint density at radius 1 is 1.00 bits per heavy atom. The number of hydrogen-bond donors (Lipinski definition) is 0. The van der Waals surface area contributed by atoms with E-state index in [2.05, 4.69) is 72.2 Å². The number of benzene rings is 3. The van der Waals surface area contributed by atoms with Crippen molar-refractivity contribution in [3.05, 3.63) is 112 Å². The molecule has 2 atom stereocenters. The lowest BCUT2D eigenvalue weighted by atomic mass is 9.65. The Labute approximate surface area is 325 Å². The number of hydrogen-bond acceptors (Lipinski definition) is 9. The summed E-state index contributed by atoms with van der Waals surface area (Å²) in [5.74, 6) is 0.828. The first kappa shape index (κ1) is 39.5. The van der Waals surface area contributed by atoms with Crippen LogP contribution in [0.4, 0.5) is 0 Å². The summed E-state index contributed by atoms with van der Waals surface area (Å²) in [6, 6.07) is 23.4. The molecule has 286 valence electrons. The number of nitrogens with zero attached hydrogens (tertiary/aromatic N) is 3. The summed E-state index contributed by atoms with van der Waals surface area (Å²) in [4.78, 5) is 17.3. The Hall–Kier alpha value is -4.17. The molecule has 0 aromatic heterocycles. The van der Waals surface area contributed by atoms with Crippen LogP contribution in [0, 0.1) is 16.7 Å². The normalized spacial score (nSPS) is 21.5. The molecule has 54 heavy (non-hydrogen) atoms. The molecule has 0 saturated carbocycles. The molecule has 9 nitrogen and oxygen atoms in total. The molecule has 3 aromatic carbocycles. The van der Waals surface area contributed by atoms with Gasteiger partial charge in [-0.1, -0.05) is 86.5 Å². The van der Waals surface area contributed by atoms with Gasteiger partial charge in [0.05, 0.1) is 37.0 Å². The first-order valence-corrected chi connectivity index (χ1v) is 19.4. The van der Waals surface area contributed by atoms with Crippen molar-refractivity contribution >= 4 is 23.1 Å². The van der Waals surface area contributed by atoms with Crippen LogP contribution in [-0.2, 0) is 32.2 Å². The number of methoxy groups -OCH3 is 1. The van der Waals surface area contributed by atoms with Gasteiger partial charge in [-0.15, -0.1) is 0 Å². The van der Waals surface area contributed by atoms with E-state index >= 15 is 0 Å². The van der Waals surface area contributed by atoms with Crippen LogP contribution in [-0.4, -0.2) is 87.1 Å². The molecule has 0 spiro atoms. The largest absolute Gasteiger partial charge is 0.488 e. The highest BCUT2D eigenvalue weighted by atomic mass is 35.5. The predicted molar refractivity (Wildman–Crippen MR) is 210 cm³/mol. The molecule has 1 aliphatic carbocycles. The van der Waals surface area contributed by atoms with Gasteiger partial charge in [-0.3, -0.25) is 14.6 Å². The van der Waals surface area contributed by atoms with Gasteiger partial charge < -0.3 is 23.7 Å². The molecular weight excluding hydrogens is 702 g/mol. The van der Waals surface area contributed by atoms with Crippen LogP contribution in [0.15, 0.2) is 85.0 Å². The summed E-state index contributed by atoms with van der Waals surface area (Å²) in [5, 5.41) is 9.91. The maximum absolute atomic E-state index is 12.8. The Kier molecular flexibility index (Phi) is 13.5. The maximum Gasteiger partial charge on any atom is 0.323 e. The summed E-state index contributed by atoms with van der Waals surface area (Å²) in [7, 11) is 1.43. The fourth-order valence-electron chi connectivity index (χ4n) is 7.71. The number of carbonyl (C=O) groups is 1. The highest BCUT2D eigenvalue weighted by Gasteiger charge is 2.49. The standard InChI is InChI=1S/C44H52ClN3O6/c1-43(2)37(35-14-5-4-6-15-35)16-10-18-44(43,54-23-11-19-47-21-24-51-25-22-47)32-53-41-28-40(52-31-34-13-9-12-33(26-34)29-46)36(27-38(41)45)30-48-20-8-7-17-39(48)42(49)50-3/h4-6,9-10,12-16,18,26-28,39H,7-8,11,17,19-25,30-32H2,1-3H3/t39-,44?/m0/s1. The van der Waals surface area contributed by atoms with Crippen LogP contribution in [0.2, 0.25) is 5.02 Å². The third kappa shape index (κ3) is 9.37. The zero-order valence-corrected chi connectivity index (χ0v) is 32.5. The van der Waals surface area contributed by atoms with E-state index in [-0.39, 0.29) is 25.2 Å². The van der Waals surface area contributed by atoms with Crippen molar-refractivity contribution < 1.29 is 28.5 Å². The Balaban J connectivity index is 1.28. The SMILES string of the molecule is COC(=O)[C@@H]1CCCCN1Cc1cc(Cl)c(OCC2(OCCCN3CCOCC3)C=CC=C(c3ccccc3)C2(C)C)cc1OCc1cccc(C#N)c1. The highest BCUT2D eigenvalue weighted by molar-refractivity contribution is 6.32. The summed E-state index contributed by atoms with van der Waals surface area (Å²) >= 11 is 7.06. The second-order valence-electron chi connectivity index (χ2n) is 14.8. The van der Waals surface area contributed by atoms with E-state index in [1.54, 1.807) is 6.07 Å². The molecule has 0 bridgehead atoms. The van der Waals surface area contributed by atoms with Gasteiger partial charge in [0.1, 0.15) is 36.4 Å². The van der Waals surface area contributed by atoms with Crippen molar-refractivity contribution in [2.45, 2.75) is 64.3 Å². The lowest BCUT2D eigenvalue weighted by molar-refractivity contribution is -0.148. The van der Waals surface area contributed by atoms with Crippen LogP contribution in [0.25, 0.3) is 5.57 Å². The van der Waals surface area contributed by atoms with Gasteiger partial charge in [0.2, 0.25) is 0 Å². The molecule has 6 rings (SSSR count). The second kappa shape index (κ2) is 18.4. The van der Waals surface area contributed by atoms with Crippen LogP contribution >= 0.6 is 11.6 Å². The number of morpholine rings is 1. The first-order chi connectivity index (χ1) is 26.2. The second-order valence-corrected chi connectivity index (χ2v) is 15.2.